The molecule has 1 fully saturated rings. The number of thiazole rings is 1. The van der Waals surface area contributed by atoms with Crippen LogP contribution in [0, 0.1) is 0 Å². The molecule has 2 atom stereocenters. The molecule has 6 aromatic rings. The Balaban J connectivity index is 1.15. The number of thioether (sulfide) groups is 2. The lowest BCUT2D eigenvalue weighted by molar-refractivity contribution is -0.154. The van der Waals surface area contributed by atoms with Crippen molar-refractivity contribution in [1.29, 1.82) is 0 Å². The van der Waals surface area contributed by atoms with Gasteiger partial charge in [-0.2, -0.15) is 0 Å². The maximum absolute atomic E-state index is 14.9. The maximum Gasteiger partial charge on any atom is 0.413 e. The highest BCUT2D eigenvalue weighted by Crippen LogP contribution is 2.45. The summed E-state index contributed by atoms with van der Waals surface area (Å²) in [5.41, 5.74) is 0.848. The van der Waals surface area contributed by atoms with Gasteiger partial charge in [0, 0.05) is 27.3 Å². The van der Waals surface area contributed by atoms with Crippen molar-refractivity contribution in [2.75, 3.05) is 16.3 Å². The molecule has 5 aromatic carbocycles. The number of ether oxygens (including phenoxy) is 2. The van der Waals surface area contributed by atoms with Gasteiger partial charge < -0.3 is 19.6 Å². The van der Waals surface area contributed by atoms with Crippen molar-refractivity contribution in [3.05, 3.63) is 200 Å². The Morgan fingerprint density at radius 3 is 1.82 bits per heavy atom. The number of fused-ring (bicyclic) bond motifs is 1. The smallest absolute Gasteiger partial charge is 0.413 e. The van der Waals surface area contributed by atoms with Gasteiger partial charge >= 0.3 is 12.1 Å². The standard InChI is InChI=1S/C50H43Cl2N5O7S3/c1-49(2,3)63-48(61)55-47-54-37(42(52)67-47)38(56-64-50(33-23-13-6-14-24-33,34-25-15-7-16-26-34)35-27-17-8-18-28-35)43(58)53-39-44(59)57-40(36(66-30-51)29-65-45(39)57)46(60)62-41(31-19-9-4-10-20-31)32-21-11-5-12-22-32/h4-28,39,41,45H,29-30H2,1-3H3,(H,53,58)(H,54,55,61)/b56-38-. The van der Waals surface area contributed by atoms with Crippen molar-refractivity contribution in [3.63, 3.8) is 0 Å². The molecule has 342 valence electrons. The van der Waals surface area contributed by atoms with Gasteiger partial charge in [0.1, 0.15) is 32.7 Å². The zero-order chi connectivity index (χ0) is 47.1. The molecular weight excluding hydrogens is 950 g/mol. The maximum atomic E-state index is 14.9. The number of carbonyl (C=O) groups excluding carboxylic acids is 4. The van der Waals surface area contributed by atoms with Gasteiger partial charge in [0.2, 0.25) is 5.60 Å². The summed E-state index contributed by atoms with van der Waals surface area (Å²) in [7, 11) is 0. The van der Waals surface area contributed by atoms with Crippen molar-refractivity contribution < 1.29 is 33.5 Å². The molecule has 8 rings (SSSR count). The molecule has 0 aliphatic carbocycles. The highest BCUT2D eigenvalue weighted by molar-refractivity contribution is 8.07. The third-order valence-corrected chi connectivity index (χ3v) is 14.3. The molecule has 0 bridgehead atoms. The minimum atomic E-state index is -1.42. The number of halogens is 2. The number of carbonyl (C=O) groups is 4. The molecule has 0 spiro atoms. The number of hydrogen-bond acceptors (Lipinski definition) is 12. The lowest BCUT2D eigenvalue weighted by Crippen LogP contribution is -2.71. The molecule has 17 heteroatoms. The number of nitrogens with zero attached hydrogens (tertiary/aromatic N) is 3. The monoisotopic (exact) mass is 991 g/mol. The van der Waals surface area contributed by atoms with E-state index in [0.717, 1.165) is 22.5 Å². The molecule has 2 aliphatic heterocycles. The number of nitrogens with one attached hydrogen (secondary N) is 2. The molecule has 12 nitrogen and oxygen atoms in total. The fourth-order valence-electron chi connectivity index (χ4n) is 7.59. The molecule has 2 aliphatic rings. The van der Waals surface area contributed by atoms with E-state index in [1.54, 1.807) is 20.8 Å². The number of anilines is 1. The number of alkyl halides is 1. The van der Waals surface area contributed by atoms with Crippen LogP contribution in [-0.2, 0) is 34.3 Å². The molecule has 2 unspecified atom stereocenters. The molecule has 0 saturated carbocycles. The number of aromatic nitrogens is 1. The van der Waals surface area contributed by atoms with Crippen LogP contribution in [0.2, 0.25) is 4.34 Å². The summed E-state index contributed by atoms with van der Waals surface area (Å²) >= 11 is 16.5. The van der Waals surface area contributed by atoms with E-state index in [2.05, 4.69) is 20.8 Å². The van der Waals surface area contributed by atoms with E-state index in [1.807, 2.05) is 152 Å². The lowest BCUT2D eigenvalue weighted by atomic mass is 9.80. The van der Waals surface area contributed by atoms with Gasteiger partial charge in [-0.3, -0.25) is 19.8 Å². The van der Waals surface area contributed by atoms with Crippen LogP contribution in [0.1, 0.15) is 60.4 Å². The van der Waals surface area contributed by atoms with Crippen LogP contribution in [0.15, 0.2) is 167 Å². The first kappa shape index (κ1) is 47.4. The molecule has 3 heterocycles. The topological polar surface area (TPSA) is 149 Å². The zero-order valence-electron chi connectivity index (χ0n) is 36.3. The normalized spacial score (nSPS) is 16.2. The fourth-order valence-corrected chi connectivity index (χ4v) is 11.2. The van der Waals surface area contributed by atoms with Crippen LogP contribution in [-0.4, -0.2) is 67.5 Å². The summed E-state index contributed by atoms with van der Waals surface area (Å²) in [5.74, 6) is -1.84. The van der Waals surface area contributed by atoms with Gasteiger partial charge in [0.15, 0.2) is 16.9 Å². The van der Waals surface area contributed by atoms with Gasteiger partial charge in [-0.15, -0.1) is 35.1 Å². The van der Waals surface area contributed by atoms with E-state index in [9.17, 15) is 19.2 Å². The van der Waals surface area contributed by atoms with Crippen molar-refractivity contribution in [2.24, 2.45) is 5.16 Å². The SMILES string of the molecule is CC(C)(C)OC(=O)Nc1nc(/C(=N/OC(c2ccccc2)(c2ccccc2)c2ccccc2)C(=O)NC2C(=O)N3C(C(=O)OC(c4ccccc4)c4ccccc4)=C(SCCl)CSC23)c(Cl)s1. The Hall–Kier alpha value is -6.10. The quantitative estimate of drug-likeness (QED) is 0.0254. The second-order valence-electron chi connectivity index (χ2n) is 16.1. The average molecular weight is 993 g/mol. The summed E-state index contributed by atoms with van der Waals surface area (Å²) in [5, 5.41) is 9.46. The van der Waals surface area contributed by atoms with E-state index < -0.39 is 52.6 Å². The minimum absolute atomic E-state index is 0.0102. The van der Waals surface area contributed by atoms with Gasteiger partial charge in [0.05, 0.1) is 5.21 Å². The number of β-lactam (4-membered cyclic amide) rings is 1. The summed E-state index contributed by atoms with van der Waals surface area (Å²) in [6, 6.07) is 45.7. The predicted octanol–water partition coefficient (Wildman–Crippen LogP) is 10.7. The predicted molar refractivity (Wildman–Crippen MR) is 265 cm³/mol. The second-order valence-corrected chi connectivity index (χ2v) is 20.4. The summed E-state index contributed by atoms with van der Waals surface area (Å²) in [6.45, 7) is 5.16. The van der Waals surface area contributed by atoms with E-state index in [0.29, 0.717) is 27.3 Å². The van der Waals surface area contributed by atoms with Gasteiger partial charge in [-0.25, -0.2) is 14.6 Å². The average Bonchev–Trinajstić information content (AvgIpc) is 3.70. The van der Waals surface area contributed by atoms with Crippen LogP contribution < -0.4 is 10.6 Å². The van der Waals surface area contributed by atoms with Crippen molar-refractivity contribution >= 4 is 92.8 Å². The molecule has 2 N–H and O–H groups in total. The molecule has 1 saturated heterocycles. The highest BCUT2D eigenvalue weighted by atomic mass is 35.5. The van der Waals surface area contributed by atoms with Crippen molar-refractivity contribution in [2.45, 2.75) is 49.5 Å². The first-order valence-corrected chi connectivity index (χ1v) is 24.7. The number of oxime groups is 1. The van der Waals surface area contributed by atoms with Gasteiger partial charge in [-0.1, -0.05) is 180 Å². The van der Waals surface area contributed by atoms with E-state index >= 15 is 0 Å². The van der Waals surface area contributed by atoms with Crippen LogP contribution in [0.5, 0.6) is 0 Å². The molecule has 67 heavy (non-hydrogen) atoms. The lowest BCUT2D eigenvalue weighted by Gasteiger charge is -2.49. The Morgan fingerprint density at radius 1 is 0.821 bits per heavy atom. The highest BCUT2D eigenvalue weighted by Gasteiger charge is 2.55. The van der Waals surface area contributed by atoms with Crippen LogP contribution in [0.3, 0.4) is 0 Å². The van der Waals surface area contributed by atoms with Crippen LogP contribution >= 0.6 is 58.1 Å². The summed E-state index contributed by atoms with van der Waals surface area (Å²) in [4.78, 5) is 69.7. The third kappa shape index (κ3) is 10.4. The van der Waals surface area contributed by atoms with Crippen LogP contribution in [0.25, 0.3) is 0 Å². The molecular formula is C50H43Cl2N5O7S3. The zero-order valence-corrected chi connectivity index (χ0v) is 40.2. The Bertz CT molecular complexity index is 2660. The molecule has 1 aromatic heterocycles. The second kappa shape index (κ2) is 20.8. The number of hydrogen-bond donors (Lipinski definition) is 2. The van der Waals surface area contributed by atoms with E-state index in [1.165, 1.54) is 28.4 Å². The number of esters is 1. The summed E-state index contributed by atoms with van der Waals surface area (Å²) in [6.07, 6.45) is -1.57. The number of amides is 3. The van der Waals surface area contributed by atoms with Crippen LogP contribution in [0.4, 0.5) is 9.93 Å². The van der Waals surface area contributed by atoms with Crippen molar-refractivity contribution in [3.8, 4) is 0 Å². The summed E-state index contributed by atoms with van der Waals surface area (Å²) < 4.78 is 11.7. The number of benzene rings is 5. The van der Waals surface area contributed by atoms with E-state index in [4.69, 9.17) is 37.5 Å². The molecule has 0 radical (unpaired) electrons. The third-order valence-electron chi connectivity index (χ3n) is 10.5. The Kier molecular flexibility index (Phi) is 14.7. The van der Waals surface area contributed by atoms with Crippen molar-refractivity contribution in [1.82, 2.24) is 15.2 Å². The first-order chi connectivity index (χ1) is 32.4. The largest absolute Gasteiger partial charge is 0.448 e. The minimum Gasteiger partial charge on any atom is -0.448 e. The molecule has 3 amide bonds. The fraction of sp³-hybridized carbons (Fsp3) is 0.200. The Morgan fingerprint density at radius 2 is 1.33 bits per heavy atom. The first-order valence-electron chi connectivity index (χ1n) is 21.0. The number of rotatable bonds is 15. The van der Waals surface area contributed by atoms with E-state index in [-0.39, 0.29) is 31.8 Å². The van der Waals surface area contributed by atoms with Gasteiger partial charge in [-0.05, 0) is 31.9 Å². The van der Waals surface area contributed by atoms with Gasteiger partial charge in [0.25, 0.3) is 11.8 Å². The Labute approximate surface area is 410 Å².